The SMILES string of the molecule is CCCCCCCC/C=C\CCCCCCCC(=O)N(CCNOCC)CC(=O)O.[H-].[Na+]. The number of hydrogen-bond acceptors (Lipinski definition) is 4. The Hall–Kier alpha value is -0.400. The Morgan fingerprint density at radius 1 is 0.903 bits per heavy atom. The maximum absolute atomic E-state index is 12.3. The van der Waals surface area contributed by atoms with Crippen molar-refractivity contribution in [3.05, 3.63) is 12.2 Å². The van der Waals surface area contributed by atoms with Crippen molar-refractivity contribution in [2.45, 2.75) is 104 Å². The van der Waals surface area contributed by atoms with E-state index in [-0.39, 0.29) is 43.4 Å². The van der Waals surface area contributed by atoms with Crippen LogP contribution < -0.4 is 35.0 Å². The van der Waals surface area contributed by atoms with E-state index in [2.05, 4.69) is 24.6 Å². The van der Waals surface area contributed by atoms with E-state index in [0.29, 0.717) is 26.1 Å². The summed E-state index contributed by atoms with van der Waals surface area (Å²) in [6, 6.07) is 0. The molecule has 178 valence electrons. The van der Waals surface area contributed by atoms with Crippen LogP contribution in [0.4, 0.5) is 0 Å². The van der Waals surface area contributed by atoms with E-state index >= 15 is 0 Å². The van der Waals surface area contributed by atoms with Gasteiger partial charge in [-0.15, -0.1) is 0 Å². The number of nitrogens with one attached hydrogen (secondary N) is 1. The Bertz CT molecular complexity index is 454. The van der Waals surface area contributed by atoms with Crippen LogP contribution >= 0.6 is 0 Å². The molecule has 0 bridgehead atoms. The smallest absolute Gasteiger partial charge is 1.00 e. The Morgan fingerprint density at radius 2 is 1.45 bits per heavy atom. The maximum atomic E-state index is 12.3. The molecule has 0 aromatic heterocycles. The Balaban J connectivity index is -0.00000420. The summed E-state index contributed by atoms with van der Waals surface area (Å²) in [6.07, 6.45) is 20.9. The number of hydrogen-bond donors (Lipinski definition) is 2. The number of hydroxylamine groups is 1. The molecule has 0 atom stereocenters. The molecule has 0 fully saturated rings. The topological polar surface area (TPSA) is 78.9 Å². The summed E-state index contributed by atoms with van der Waals surface area (Å²) in [7, 11) is 0. The standard InChI is InChI=1S/C24H46N2O4.Na.H/c1-3-5-6-7-8-9-10-11-12-13-14-15-16-17-18-19-23(27)26(22-24(28)29)21-20-25-30-4-2;;/h11-12,25H,3-10,13-22H2,1-2H3,(H,28,29);;/q;+1;-1/b12-11-;;. The number of amides is 1. The summed E-state index contributed by atoms with van der Waals surface area (Å²) >= 11 is 0. The molecule has 0 aromatic rings. The maximum Gasteiger partial charge on any atom is 1.00 e. The van der Waals surface area contributed by atoms with Gasteiger partial charge in [-0.25, -0.2) is 5.48 Å². The second-order valence-electron chi connectivity index (χ2n) is 7.87. The van der Waals surface area contributed by atoms with Crippen molar-refractivity contribution in [1.82, 2.24) is 10.4 Å². The molecule has 6 nitrogen and oxygen atoms in total. The van der Waals surface area contributed by atoms with Gasteiger partial charge in [0.1, 0.15) is 6.54 Å². The van der Waals surface area contributed by atoms with Gasteiger partial charge in [-0.05, 0) is 39.0 Å². The zero-order chi connectivity index (χ0) is 22.3. The fraction of sp³-hybridized carbons (Fsp3) is 0.833. The summed E-state index contributed by atoms with van der Waals surface area (Å²) in [5.74, 6) is -1.07. The first-order valence-corrected chi connectivity index (χ1v) is 12.1. The number of aliphatic carboxylic acids is 1. The Kier molecular flexibility index (Phi) is 27.3. The summed E-state index contributed by atoms with van der Waals surface area (Å²) in [4.78, 5) is 29.6. The normalized spacial score (nSPS) is 10.9. The summed E-state index contributed by atoms with van der Waals surface area (Å²) < 4.78 is 0. The number of carboxylic acids is 1. The third-order valence-corrected chi connectivity index (χ3v) is 5.06. The van der Waals surface area contributed by atoms with Crippen molar-refractivity contribution in [2.24, 2.45) is 0 Å². The second kappa shape index (κ2) is 25.9. The molecule has 1 amide bonds. The van der Waals surface area contributed by atoms with E-state index in [1.165, 1.54) is 62.7 Å². The van der Waals surface area contributed by atoms with Gasteiger partial charge in [0.2, 0.25) is 5.91 Å². The van der Waals surface area contributed by atoms with Crippen molar-refractivity contribution in [2.75, 3.05) is 26.2 Å². The minimum Gasteiger partial charge on any atom is -1.00 e. The average molecular weight is 451 g/mol. The first kappa shape index (κ1) is 32.8. The van der Waals surface area contributed by atoms with Crippen LogP contribution in [0.15, 0.2) is 12.2 Å². The van der Waals surface area contributed by atoms with Gasteiger partial charge < -0.3 is 16.3 Å². The molecule has 0 unspecified atom stereocenters. The predicted octanol–water partition coefficient (Wildman–Crippen LogP) is 2.59. The van der Waals surface area contributed by atoms with Crippen LogP contribution in [0.1, 0.15) is 105 Å². The largest absolute Gasteiger partial charge is 1.00 e. The predicted molar refractivity (Wildman–Crippen MR) is 124 cm³/mol. The van der Waals surface area contributed by atoms with Gasteiger partial charge in [0.15, 0.2) is 0 Å². The van der Waals surface area contributed by atoms with Gasteiger partial charge in [-0.2, -0.15) is 0 Å². The van der Waals surface area contributed by atoms with E-state index in [9.17, 15) is 9.59 Å². The molecule has 0 saturated heterocycles. The minimum atomic E-state index is -0.982. The number of rotatable bonds is 22. The molecule has 0 heterocycles. The average Bonchev–Trinajstić information content (AvgIpc) is 2.72. The van der Waals surface area contributed by atoms with E-state index < -0.39 is 5.97 Å². The second-order valence-corrected chi connectivity index (χ2v) is 7.87. The van der Waals surface area contributed by atoms with Crippen LogP contribution in [0.2, 0.25) is 0 Å². The minimum absolute atomic E-state index is 0. The molecule has 0 rings (SSSR count). The third-order valence-electron chi connectivity index (χ3n) is 5.06. The number of carbonyl (C=O) groups is 2. The van der Waals surface area contributed by atoms with Gasteiger partial charge in [0.05, 0.1) is 6.61 Å². The van der Waals surface area contributed by atoms with Gasteiger partial charge in [0.25, 0.3) is 0 Å². The van der Waals surface area contributed by atoms with Gasteiger partial charge in [-0.1, -0.05) is 70.4 Å². The molecule has 7 heteroatoms. The monoisotopic (exact) mass is 450 g/mol. The first-order chi connectivity index (χ1) is 14.6. The fourth-order valence-electron chi connectivity index (χ4n) is 3.32. The van der Waals surface area contributed by atoms with Crippen LogP contribution in [0.3, 0.4) is 0 Å². The summed E-state index contributed by atoms with van der Waals surface area (Å²) in [5.41, 5.74) is 2.72. The van der Waals surface area contributed by atoms with Crippen molar-refractivity contribution in [1.29, 1.82) is 0 Å². The van der Waals surface area contributed by atoms with Crippen LogP contribution in [-0.2, 0) is 14.4 Å². The number of nitrogens with zero attached hydrogens (tertiary/aromatic N) is 1. The van der Waals surface area contributed by atoms with Crippen LogP contribution in [0, 0.1) is 0 Å². The van der Waals surface area contributed by atoms with Crippen LogP contribution in [0.25, 0.3) is 0 Å². The van der Waals surface area contributed by atoms with E-state index in [0.717, 1.165) is 25.7 Å². The van der Waals surface area contributed by atoms with Crippen molar-refractivity contribution < 1.29 is 50.5 Å². The zero-order valence-corrected chi connectivity index (χ0v) is 22.5. The molecule has 0 saturated carbocycles. The number of allylic oxidation sites excluding steroid dienone is 2. The molecule has 0 aliphatic carbocycles. The zero-order valence-electron chi connectivity index (χ0n) is 21.5. The fourth-order valence-corrected chi connectivity index (χ4v) is 3.32. The van der Waals surface area contributed by atoms with Crippen LogP contribution in [-0.4, -0.2) is 48.1 Å². The summed E-state index contributed by atoms with van der Waals surface area (Å²) in [5, 5.41) is 8.99. The van der Waals surface area contributed by atoms with Gasteiger partial charge in [0, 0.05) is 19.5 Å². The Morgan fingerprint density at radius 3 is 2.00 bits per heavy atom. The molecule has 0 aliphatic rings. The van der Waals surface area contributed by atoms with Gasteiger partial charge >= 0.3 is 35.5 Å². The van der Waals surface area contributed by atoms with Gasteiger partial charge in [-0.3, -0.25) is 9.59 Å². The molecular formula is C24H47N2NaO4. The first-order valence-electron chi connectivity index (χ1n) is 12.1. The molecular weight excluding hydrogens is 403 g/mol. The molecule has 0 aromatic carbocycles. The molecule has 0 spiro atoms. The van der Waals surface area contributed by atoms with Crippen molar-refractivity contribution in [3.63, 3.8) is 0 Å². The number of carboxylic acid groups (broad SMARTS) is 1. The van der Waals surface area contributed by atoms with Crippen molar-refractivity contribution in [3.8, 4) is 0 Å². The molecule has 0 aliphatic heterocycles. The Labute approximate surface area is 214 Å². The quantitative estimate of drug-likeness (QED) is 0.115. The number of carbonyl (C=O) groups excluding carboxylic acids is 1. The number of unbranched alkanes of at least 4 members (excludes halogenated alkanes) is 11. The molecule has 31 heavy (non-hydrogen) atoms. The van der Waals surface area contributed by atoms with E-state index in [1.54, 1.807) is 0 Å². The van der Waals surface area contributed by atoms with Crippen LogP contribution in [0.5, 0.6) is 0 Å². The molecule has 2 N–H and O–H groups in total. The third kappa shape index (κ3) is 24.1. The van der Waals surface area contributed by atoms with Crippen molar-refractivity contribution >= 4 is 11.9 Å². The van der Waals surface area contributed by atoms with E-state index in [1.807, 2.05) is 6.92 Å². The summed E-state index contributed by atoms with van der Waals surface area (Å²) in [6.45, 7) is 5.16. The van der Waals surface area contributed by atoms with E-state index in [4.69, 9.17) is 9.94 Å². The molecule has 0 radical (unpaired) electrons.